The van der Waals surface area contributed by atoms with Crippen LogP contribution in [0.2, 0.25) is 0 Å². The van der Waals surface area contributed by atoms with Gasteiger partial charge >= 0.3 is 5.69 Å². The van der Waals surface area contributed by atoms with Gasteiger partial charge in [-0.25, -0.2) is 9.78 Å². The van der Waals surface area contributed by atoms with Crippen molar-refractivity contribution in [2.45, 2.75) is 13.3 Å². The molecule has 142 valence electrons. The summed E-state index contributed by atoms with van der Waals surface area (Å²) in [5.41, 5.74) is 2.33. The van der Waals surface area contributed by atoms with Gasteiger partial charge in [-0.15, -0.1) is 0 Å². The van der Waals surface area contributed by atoms with Crippen molar-refractivity contribution in [1.29, 1.82) is 5.26 Å². The number of anilines is 1. The van der Waals surface area contributed by atoms with E-state index in [4.69, 9.17) is 5.26 Å². The quantitative estimate of drug-likeness (QED) is 0.142. The molecule has 0 bridgehead atoms. The molecule has 10 heteroatoms. The molecular weight excluding hydrogens is 360 g/mol. The lowest BCUT2D eigenvalue weighted by atomic mass is 10.1. The van der Waals surface area contributed by atoms with E-state index in [1.165, 1.54) is 0 Å². The van der Waals surface area contributed by atoms with Crippen LogP contribution in [0.3, 0.4) is 0 Å². The Balaban J connectivity index is 1.67. The lowest BCUT2D eigenvalue weighted by Crippen LogP contribution is -2.27. The lowest BCUT2D eigenvalue weighted by Gasteiger charge is -2.09. The van der Waals surface area contributed by atoms with E-state index in [1.807, 2.05) is 6.19 Å². The minimum absolute atomic E-state index is 0.234. The maximum Gasteiger partial charge on any atom is 0.323 e. The number of carbonyl (C=O) groups excluding carboxylic acids is 1. The number of aromatic nitrogens is 4. The van der Waals surface area contributed by atoms with Crippen LogP contribution < -0.4 is 16.3 Å². The highest BCUT2D eigenvalue weighted by atomic mass is 16.1. The molecule has 3 rings (SSSR count). The van der Waals surface area contributed by atoms with Gasteiger partial charge in [0.2, 0.25) is 11.7 Å². The average Bonchev–Trinajstić information content (AvgIpc) is 3.31. The molecule has 2 heterocycles. The highest BCUT2D eigenvalue weighted by Crippen LogP contribution is 2.13. The van der Waals surface area contributed by atoms with Gasteiger partial charge in [0.05, 0.1) is 6.33 Å². The molecule has 5 N–H and O–H groups in total. The zero-order valence-electron chi connectivity index (χ0n) is 15.0. The first kappa shape index (κ1) is 18.7. The van der Waals surface area contributed by atoms with Gasteiger partial charge in [-0.1, -0.05) is 0 Å². The van der Waals surface area contributed by atoms with Crippen molar-refractivity contribution in [3.8, 4) is 6.19 Å². The Morgan fingerprint density at radius 3 is 2.68 bits per heavy atom. The number of imidazole rings is 2. The number of nitrogens with one attached hydrogen (secondary N) is 5. The third kappa shape index (κ3) is 4.53. The average molecular weight is 378 g/mol. The first-order valence-electron chi connectivity index (χ1n) is 8.44. The van der Waals surface area contributed by atoms with Crippen molar-refractivity contribution in [2.75, 3.05) is 11.9 Å². The number of hydrogen-bond acceptors (Lipinski definition) is 5. The normalized spacial score (nSPS) is 11.1. The zero-order chi connectivity index (χ0) is 19.9. The monoisotopic (exact) mass is 378 g/mol. The fourth-order valence-corrected chi connectivity index (χ4v) is 2.56. The second-order valence-corrected chi connectivity index (χ2v) is 5.90. The van der Waals surface area contributed by atoms with Crippen molar-refractivity contribution >= 4 is 17.4 Å². The summed E-state index contributed by atoms with van der Waals surface area (Å²) in [4.78, 5) is 40.1. The molecule has 0 radical (unpaired) electrons. The first-order chi connectivity index (χ1) is 13.6. The number of aromatic amines is 3. The molecule has 0 aliphatic rings. The summed E-state index contributed by atoms with van der Waals surface area (Å²) in [7, 11) is 0. The van der Waals surface area contributed by atoms with E-state index in [2.05, 4.69) is 35.6 Å². The molecule has 0 unspecified atom stereocenters. The third-order valence-electron chi connectivity index (χ3n) is 3.93. The van der Waals surface area contributed by atoms with Gasteiger partial charge in [-0.05, 0) is 31.2 Å². The summed E-state index contributed by atoms with van der Waals surface area (Å²) >= 11 is 0. The molecule has 0 atom stereocenters. The van der Waals surface area contributed by atoms with Crippen LogP contribution >= 0.6 is 0 Å². The summed E-state index contributed by atoms with van der Waals surface area (Å²) in [6.45, 7) is 2.11. The van der Waals surface area contributed by atoms with Crippen molar-refractivity contribution in [1.82, 2.24) is 25.3 Å². The second kappa shape index (κ2) is 8.50. The number of rotatable bonds is 6. The predicted molar refractivity (Wildman–Crippen MR) is 103 cm³/mol. The Morgan fingerprint density at radius 2 is 2.07 bits per heavy atom. The van der Waals surface area contributed by atoms with E-state index < -0.39 is 5.69 Å². The highest BCUT2D eigenvalue weighted by molar-refractivity contribution is 6.08. The standard InChI is InChI=1S/C18H18N8O2/c1-11-15(26-18(28)24-11)16(27)12-2-4-13(5-3-12)25-17(22-9-19)21-7-6-14-8-20-10-23-14/h2-5,8,10H,6-7H2,1H3,(H,20,23)(H2,21,22,25)(H2,24,26,28). The second-order valence-electron chi connectivity index (χ2n) is 5.90. The lowest BCUT2D eigenvalue weighted by molar-refractivity contribution is 0.103. The van der Waals surface area contributed by atoms with Gasteiger partial charge in [0.1, 0.15) is 5.69 Å². The molecule has 0 saturated carbocycles. The van der Waals surface area contributed by atoms with Gasteiger partial charge in [0, 0.05) is 41.8 Å². The van der Waals surface area contributed by atoms with Crippen LogP contribution in [0.5, 0.6) is 0 Å². The molecule has 0 amide bonds. The molecule has 0 fully saturated rings. The number of aliphatic imine (C=N–C) groups is 1. The van der Waals surface area contributed by atoms with Crippen LogP contribution in [0.1, 0.15) is 27.4 Å². The van der Waals surface area contributed by atoms with E-state index in [9.17, 15) is 9.59 Å². The number of nitriles is 1. The Bertz CT molecular complexity index is 1070. The van der Waals surface area contributed by atoms with E-state index in [1.54, 1.807) is 43.7 Å². The summed E-state index contributed by atoms with van der Waals surface area (Å²) < 4.78 is 0. The van der Waals surface area contributed by atoms with Gasteiger partial charge in [0.25, 0.3) is 0 Å². The number of H-pyrrole nitrogens is 3. The van der Waals surface area contributed by atoms with Crippen molar-refractivity contribution in [3.63, 3.8) is 0 Å². The Morgan fingerprint density at radius 1 is 1.29 bits per heavy atom. The topological polar surface area (TPSA) is 155 Å². The van der Waals surface area contributed by atoms with Crippen LogP contribution in [-0.4, -0.2) is 38.2 Å². The number of carbonyl (C=O) groups is 1. The molecule has 28 heavy (non-hydrogen) atoms. The maximum atomic E-state index is 12.5. The minimum atomic E-state index is -0.419. The fourth-order valence-electron chi connectivity index (χ4n) is 2.56. The van der Waals surface area contributed by atoms with E-state index in [0.29, 0.717) is 35.9 Å². The number of benzene rings is 1. The van der Waals surface area contributed by atoms with Gasteiger partial charge < -0.3 is 20.3 Å². The number of ketones is 1. The molecule has 0 spiro atoms. The number of aryl methyl sites for hydroxylation is 1. The summed E-state index contributed by atoms with van der Waals surface area (Å²) in [5.74, 6) is 0.0119. The number of hydrogen-bond donors (Lipinski definition) is 5. The van der Waals surface area contributed by atoms with Crippen LogP contribution in [0.4, 0.5) is 5.69 Å². The Labute approximate surface area is 159 Å². The first-order valence-corrected chi connectivity index (χ1v) is 8.44. The zero-order valence-corrected chi connectivity index (χ0v) is 15.0. The summed E-state index contributed by atoms with van der Waals surface area (Å²) in [5, 5.41) is 14.4. The minimum Gasteiger partial charge on any atom is -0.348 e. The molecule has 0 aliphatic heterocycles. The van der Waals surface area contributed by atoms with Crippen LogP contribution in [0, 0.1) is 18.4 Å². The van der Waals surface area contributed by atoms with E-state index >= 15 is 0 Å². The van der Waals surface area contributed by atoms with Crippen molar-refractivity contribution in [2.24, 2.45) is 4.99 Å². The van der Waals surface area contributed by atoms with Crippen molar-refractivity contribution < 1.29 is 4.79 Å². The fraction of sp³-hybridized carbons (Fsp3) is 0.167. The molecular formula is C18H18N8O2. The molecule has 10 nitrogen and oxygen atoms in total. The number of nitrogens with zero attached hydrogens (tertiary/aromatic N) is 3. The largest absolute Gasteiger partial charge is 0.348 e. The third-order valence-corrected chi connectivity index (χ3v) is 3.93. The Hall–Kier alpha value is -4.13. The maximum absolute atomic E-state index is 12.5. The van der Waals surface area contributed by atoms with Gasteiger partial charge in [0.15, 0.2) is 6.19 Å². The van der Waals surface area contributed by atoms with Gasteiger partial charge in [-0.3, -0.25) is 15.1 Å². The Kier molecular flexibility index (Phi) is 5.66. The SMILES string of the molecule is Cc1[nH]c(=O)[nH]c1C(=O)c1ccc(NC(=NCCc2cnc[nH]2)NC#N)cc1. The molecule has 3 aromatic rings. The summed E-state index contributed by atoms with van der Waals surface area (Å²) in [6.07, 6.45) is 5.80. The van der Waals surface area contributed by atoms with E-state index in [-0.39, 0.29) is 11.5 Å². The van der Waals surface area contributed by atoms with Crippen LogP contribution in [0.25, 0.3) is 0 Å². The molecule has 0 aliphatic carbocycles. The van der Waals surface area contributed by atoms with Gasteiger partial charge in [-0.2, -0.15) is 5.26 Å². The van der Waals surface area contributed by atoms with Crippen LogP contribution in [-0.2, 0) is 6.42 Å². The van der Waals surface area contributed by atoms with Crippen LogP contribution in [0.15, 0.2) is 46.6 Å². The predicted octanol–water partition coefficient (Wildman–Crippen LogP) is 1.05. The molecule has 1 aromatic carbocycles. The molecule has 0 saturated heterocycles. The summed E-state index contributed by atoms with van der Waals surface area (Å²) in [6, 6.07) is 6.64. The van der Waals surface area contributed by atoms with E-state index in [0.717, 1.165) is 5.69 Å². The molecule has 2 aromatic heterocycles. The number of guanidine groups is 1. The highest BCUT2D eigenvalue weighted by Gasteiger charge is 2.14. The smallest absolute Gasteiger partial charge is 0.323 e. The van der Waals surface area contributed by atoms with Crippen molar-refractivity contribution in [3.05, 3.63) is 69.9 Å².